The molecule has 1 aromatic carbocycles. The second-order valence-electron chi connectivity index (χ2n) is 4.02. The first-order valence-corrected chi connectivity index (χ1v) is 6.57. The Kier molecular flexibility index (Phi) is 6.15. The maximum Gasteiger partial charge on any atom is 0.255 e. The number of rotatable bonds is 6. The summed E-state index contributed by atoms with van der Waals surface area (Å²) in [5.41, 5.74) is 0.519. The number of nitrogens with one attached hydrogen (secondary N) is 1. The predicted octanol–water partition coefficient (Wildman–Crippen LogP) is 2.61. The van der Waals surface area contributed by atoms with Gasteiger partial charge in [-0.3, -0.25) is 4.79 Å². The van der Waals surface area contributed by atoms with Gasteiger partial charge in [0, 0.05) is 11.0 Å². The van der Waals surface area contributed by atoms with E-state index in [4.69, 9.17) is 9.47 Å². The van der Waals surface area contributed by atoms with Crippen LogP contribution in [0.4, 0.5) is 0 Å². The molecule has 1 amide bonds. The second-order valence-corrected chi connectivity index (χ2v) is 4.94. The molecule has 1 aromatic rings. The SMILES string of the molecule is COc1cc(Br)ccc1C(=O)NCCOC(C)C. The summed E-state index contributed by atoms with van der Waals surface area (Å²) in [5, 5.41) is 2.79. The fourth-order valence-electron chi connectivity index (χ4n) is 1.41. The van der Waals surface area contributed by atoms with E-state index in [1.54, 1.807) is 19.2 Å². The van der Waals surface area contributed by atoms with Crippen LogP contribution in [0, 0.1) is 0 Å². The molecular weight excluding hydrogens is 298 g/mol. The molecular formula is C13H18BrNO3. The smallest absolute Gasteiger partial charge is 0.255 e. The van der Waals surface area contributed by atoms with Crippen molar-refractivity contribution >= 4 is 21.8 Å². The predicted molar refractivity (Wildman–Crippen MR) is 74.1 cm³/mol. The Hall–Kier alpha value is -1.07. The van der Waals surface area contributed by atoms with Gasteiger partial charge in [0.25, 0.3) is 5.91 Å². The average molecular weight is 316 g/mol. The molecule has 4 nitrogen and oxygen atoms in total. The van der Waals surface area contributed by atoms with Gasteiger partial charge in [-0.05, 0) is 32.0 Å². The van der Waals surface area contributed by atoms with Gasteiger partial charge >= 0.3 is 0 Å². The van der Waals surface area contributed by atoms with Crippen molar-refractivity contribution < 1.29 is 14.3 Å². The Morgan fingerprint density at radius 3 is 2.78 bits per heavy atom. The molecule has 0 aliphatic heterocycles. The number of hydrogen-bond acceptors (Lipinski definition) is 3. The van der Waals surface area contributed by atoms with E-state index in [0.717, 1.165) is 4.47 Å². The van der Waals surface area contributed by atoms with Crippen LogP contribution in [0.1, 0.15) is 24.2 Å². The molecule has 0 aliphatic carbocycles. The molecule has 5 heteroatoms. The van der Waals surface area contributed by atoms with Gasteiger partial charge < -0.3 is 14.8 Å². The lowest BCUT2D eigenvalue weighted by molar-refractivity contribution is 0.0745. The molecule has 0 atom stereocenters. The lowest BCUT2D eigenvalue weighted by Crippen LogP contribution is -2.28. The number of benzene rings is 1. The molecule has 0 saturated carbocycles. The number of methoxy groups -OCH3 is 1. The zero-order chi connectivity index (χ0) is 13.5. The number of carbonyl (C=O) groups is 1. The fraction of sp³-hybridized carbons (Fsp3) is 0.462. The number of carbonyl (C=O) groups excluding carboxylic acids is 1. The summed E-state index contributed by atoms with van der Waals surface area (Å²) >= 11 is 3.33. The van der Waals surface area contributed by atoms with Crippen molar-refractivity contribution in [1.82, 2.24) is 5.32 Å². The summed E-state index contributed by atoms with van der Waals surface area (Å²) in [5.74, 6) is 0.387. The van der Waals surface area contributed by atoms with Crippen molar-refractivity contribution in [1.29, 1.82) is 0 Å². The van der Waals surface area contributed by atoms with Crippen LogP contribution in [-0.2, 0) is 4.74 Å². The average Bonchev–Trinajstić information content (AvgIpc) is 2.33. The third kappa shape index (κ3) is 4.66. The highest BCUT2D eigenvalue weighted by atomic mass is 79.9. The Morgan fingerprint density at radius 2 is 2.17 bits per heavy atom. The molecule has 0 heterocycles. The van der Waals surface area contributed by atoms with Gasteiger partial charge in [0.15, 0.2) is 0 Å². The Balaban J connectivity index is 2.56. The molecule has 0 saturated heterocycles. The van der Waals surface area contributed by atoms with E-state index >= 15 is 0 Å². The van der Waals surface area contributed by atoms with Gasteiger partial charge in [-0.25, -0.2) is 0 Å². The minimum atomic E-state index is -0.160. The lowest BCUT2D eigenvalue weighted by atomic mass is 10.2. The van der Waals surface area contributed by atoms with E-state index in [1.165, 1.54) is 0 Å². The quantitative estimate of drug-likeness (QED) is 0.821. The summed E-state index contributed by atoms with van der Waals surface area (Å²) in [4.78, 5) is 11.9. The topological polar surface area (TPSA) is 47.6 Å². The van der Waals surface area contributed by atoms with Crippen LogP contribution in [0.15, 0.2) is 22.7 Å². The van der Waals surface area contributed by atoms with Gasteiger partial charge in [-0.2, -0.15) is 0 Å². The van der Waals surface area contributed by atoms with Gasteiger partial charge in [0.2, 0.25) is 0 Å². The standard InChI is InChI=1S/C13H18BrNO3/c1-9(2)18-7-6-15-13(16)11-5-4-10(14)8-12(11)17-3/h4-5,8-9H,6-7H2,1-3H3,(H,15,16). The van der Waals surface area contributed by atoms with Crippen LogP contribution in [0.5, 0.6) is 5.75 Å². The molecule has 100 valence electrons. The normalized spacial score (nSPS) is 10.5. The molecule has 0 unspecified atom stereocenters. The monoisotopic (exact) mass is 315 g/mol. The summed E-state index contributed by atoms with van der Waals surface area (Å²) < 4.78 is 11.4. The van der Waals surface area contributed by atoms with Crippen molar-refractivity contribution in [2.45, 2.75) is 20.0 Å². The molecule has 0 radical (unpaired) electrons. The molecule has 18 heavy (non-hydrogen) atoms. The van der Waals surface area contributed by atoms with Crippen molar-refractivity contribution in [3.8, 4) is 5.75 Å². The molecule has 0 aliphatic rings. The van der Waals surface area contributed by atoms with Gasteiger partial charge in [0.05, 0.1) is 25.4 Å². The van der Waals surface area contributed by atoms with Crippen molar-refractivity contribution in [2.24, 2.45) is 0 Å². The highest BCUT2D eigenvalue weighted by Crippen LogP contribution is 2.23. The van der Waals surface area contributed by atoms with E-state index in [9.17, 15) is 4.79 Å². The zero-order valence-corrected chi connectivity index (χ0v) is 12.4. The summed E-state index contributed by atoms with van der Waals surface area (Å²) in [7, 11) is 1.54. The first kappa shape index (κ1) is 15.0. The van der Waals surface area contributed by atoms with Crippen LogP contribution in [0.3, 0.4) is 0 Å². The van der Waals surface area contributed by atoms with E-state index < -0.39 is 0 Å². The van der Waals surface area contributed by atoms with Gasteiger partial charge in [-0.1, -0.05) is 15.9 Å². The second kappa shape index (κ2) is 7.38. The lowest BCUT2D eigenvalue weighted by Gasteiger charge is -2.11. The fourth-order valence-corrected chi connectivity index (χ4v) is 1.75. The largest absolute Gasteiger partial charge is 0.496 e. The minimum Gasteiger partial charge on any atom is -0.496 e. The van der Waals surface area contributed by atoms with E-state index in [0.29, 0.717) is 24.5 Å². The van der Waals surface area contributed by atoms with Crippen LogP contribution < -0.4 is 10.1 Å². The highest BCUT2D eigenvalue weighted by molar-refractivity contribution is 9.10. The molecule has 0 bridgehead atoms. The number of hydrogen-bond donors (Lipinski definition) is 1. The van der Waals surface area contributed by atoms with Crippen LogP contribution >= 0.6 is 15.9 Å². The first-order valence-electron chi connectivity index (χ1n) is 5.78. The van der Waals surface area contributed by atoms with Crippen LogP contribution in [0.25, 0.3) is 0 Å². The number of amides is 1. The number of ether oxygens (including phenoxy) is 2. The molecule has 1 rings (SSSR count). The Morgan fingerprint density at radius 1 is 1.44 bits per heavy atom. The molecule has 0 fully saturated rings. The van der Waals surface area contributed by atoms with E-state index in [2.05, 4.69) is 21.2 Å². The van der Waals surface area contributed by atoms with E-state index in [1.807, 2.05) is 19.9 Å². The highest BCUT2D eigenvalue weighted by Gasteiger charge is 2.11. The Labute approximate surface area is 116 Å². The minimum absolute atomic E-state index is 0.160. The van der Waals surface area contributed by atoms with Crippen LogP contribution in [0.2, 0.25) is 0 Å². The van der Waals surface area contributed by atoms with Gasteiger partial charge in [0.1, 0.15) is 5.75 Å². The van der Waals surface area contributed by atoms with E-state index in [-0.39, 0.29) is 12.0 Å². The van der Waals surface area contributed by atoms with Crippen molar-refractivity contribution in [2.75, 3.05) is 20.3 Å². The first-order chi connectivity index (χ1) is 8.54. The molecule has 0 spiro atoms. The summed E-state index contributed by atoms with van der Waals surface area (Å²) in [6.45, 7) is 4.90. The maximum atomic E-state index is 11.9. The van der Waals surface area contributed by atoms with Gasteiger partial charge in [-0.15, -0.1) is 0 Å². The van der Waals surface area contributed by atoms with Crippen molar-refractivity contribution in [3.05, 3.63) is 28.2 Å². The zero-order valence-electron chi connectivity index (χ0n) is 10.8. The maximum absolute atomic E-state index is 11.9. The molecule has 0 aromatic heterocycles. The third-order valence-electron chi connectivity index (χ3n) is 2.25. The molecule has 1 N–H and O–H groups in total. The number of halogens is 1. The summed E-state index contributed by atoms with van der Waals surface area (Å²) in [6.07, 6.45) is 0.170. The summed E-state index contributed by atoms with van der Waals surface area (Å²) in [6, 6.07) is 5.29. The third-order valence-corrected chi connectivity index (χ3v) is 2.74. The van der Waals surface area contributed by atoms with Crippen molar-refractivity contribution in [3.63, 3.8) is 0 Å². The van der Waals surface area contributed by atoms with Crippen LogP contribution in [-0.4, -0.2) is 32.3 Å². The Bertz CT molecular complexity index is 407.